The van der Waals surface area contributed by atoms with Crippen LogP contribution in [0.1, 0.15) is 24.0 Å². The van der Waals surface area contributed by atoms with Crippen molar-refractivity contribution in [3.05, 3.63) is 81.9 Å². The highest BCUT2D eigenvalue weighted by Gasteiger charge is 2.75. The van der Waals surface area contributed by atoms with E-state index < -0.39 is 61.8 Å². The summed E-state index contributed by atoms with van der Waals surface area (Å²) in [6.07, 6.45) is -6.32. The Kier molecular flexibility index (Phi) is 7.07. The predicted molar refractivity (Wildman–Crippen MR) is 115 cm³/mol. The van der Waals surface area contributed by atoms with Gasteiger partial charge in [0.15, 0.2) is 0 Å². The molecule has 180 valence electrons. The third-order valence-corrected chi connectivity index (χ3v) is 7.96. The van der Waals surface area contributed by atoms with Gasteiger partial charge in [-0.3, -0.25) is 0 Å². The second kappa shape index (κ2) is 8.82. The van der Waals surface area contributed by atoms with Crippen molar-refractivity contribution in [2.24, 2.45) is 0 Å². The second-order valence-corrected chi connectivity index (χ2v) is 11.4. The standard InChI is InChI=1S/C21H13Br2F9S/c22-12-9-17(23,13-5-1-3-7-15(13)24)11-18(10-12,14-6-2-4-8-16(14)25)33-21(31,32)19(26,27)20(28,29)30/h1-8,10H,9,11H2. The summed E-state index contributed by atoms with van der Waals surface area (Å²) in [6.45, 7) is 0. The van der Waals surface area contributed by atoms with E-state index in [1.54, 1.807) is 0 Å². The molecule has 0 saturated carbocycles. The highest BCUT2D eigenvalue weighted by atomic mass is 79.9. The van der Waals surface area contributed by atoms with Crippen LogP contribution in [0.15, 0.2) is 59.1 Å². The lowest BCUT2D eigenvalue weighted by molar-refractivity contribution is -0.330. The summed E-state index contributed by atoms with van der Waals surface area (Å²) in [5, 5.41) is -5.70. The van der Waals surface area contributed by atoms with Gasteiger partial charge in [0.1, 0.15) is 11.6 Å². The molecule has 2 unspecified atom stereocenters. The summed E-state index contributed by atoms with van der Waals surface area (Å²) in [7, 11) is 0. The van der Waals surface area contributed by atoms with Crippen molar-refractivity contribution >= 4 is 43.6 Å². The van der Waals surface area contributed by atoms with E-state index in [4.69, 9.17) is 0 Å². The number of thioether (sulfide) groups is 1. The Bertz CT molecular complexity index is 1070. The van der Waals surface area contributed by atoms with Crippen LogP contribution in [0.25, 0.3) is 0 Å². The van der Waals surface area contributed by atoms with Crippen LogP contribution in [-0.4, -0.2) is 17.4 Å². The lowest BCUT2D eigenvalue weighted by Crippen LogP contribution is -2.52. The molecule has 2 aromatic carbocycles. The van der Waals surface area contributed by atoms with Crippen LogP contribution in [-0.2, 0) is 9.07 Å². The van der Waals surface area contributed by atoms with Crippen LogP contribution in [0, 0.1) is 11.6 Å². The highest BCUT2D eigenvalue weighted by molar-refractivity contribution is 9.12. The predicted octanol–water partition coefficient (Wildman–Crippen LogP) is 9.05. The lowest BCUT2D eigenvalue weighted by Gasteiger charge is -2.45. The Morgan fingerprint density at radius 3 is 1.76 bits per heavy atom. The van der Waals surface area contributed by atoms with Gasteiger partial charge in [-0.25, -0.2) is 8.78 Å². The van der Waals surface area contributed by atoms with E-state index in [9.17, 15) is 39.5 Å². The largest absolute Gasteiger partial charge is 0.460 e. The Labute approximate surface area is 203 Å². The summed E-state index contributed by atoms with van der Waals surface area (Å²) in [4.78, 5) is 0. The molecule has 0 nitrogen and oxygen atoms in total. The summed E-state index contributed by atoms with van der Waals surface area (Å²) >= 11 is 5.36. The fourth-order valence-corrected chi connectivity index (χ4v) is 7.82. The van der Waals surface area contributed by atoms with Gasteiger partial charge >= 0.3 is 17.4 Å². The topological polar surface area (TPSA) is 0 Å². The molecule has 33 heavy (non-hydrogen) atoms. The minimum atomic E-state index is -6.56. The zero-order valence-electron chi connectivity index (χ0n) is 16.2. The summed E-state index contributed by atoms with van der Waals surface area (Å²) in [5.74, 6) is -8.29. The zero-order chi connectivity index (χ0) is 24.9. The average molecular weight is 628 g/mol. The van der Waals surface area contributed by atoms with Gasteiger partial charge in [-0.15, -0.1) is 0 Å². The van der Waals surface area contributed by atoms with Crippen molar-refractivity contribution in [1.82, 2.24) is 0 Å². The molecule has 2 atom stereocenters. The molecule has 1 aliphatic rings. The third-order valence-electron chi connectivity index (χ3n) is 5.10. The number of rotatable bonds is 5. The highest BCUT2D eigenvalue weighted by Crippen LogP contribution is 2.64. The van der Waals surface area contributed by atoms with E-state index in [0.717, 1.165) is 24.3 Å². The fourth-order valence-electron chi connectivity index (χ4n) is 3.67. The van der Waals surface area contributed by atoms with Crippen molar-refractivity contribution in [2.45, 2.75) is 39.3 Å². The molecule has 0 heterocycles. The Balaban J connectivity index is 2.24. The first-order valence-corrected chi connectivity index (χ1v) is 11.5. The van der Waals surface area contributed by atoms with E-state index in [0.29, 0.717) is 0 Å². The van der Waals surface area contributed by atoms with Crippen molar-refractivity contribution < 1.29 is 39.5 Å². The third kappa shape index (κ3) is 4.84. The molecule has 0 spiro atoms. The maximum atomic E-state index is 14.8. The van der Waals surface area contributed by atoms with Crippen LogP contribution >= 0.6 is 43.6 Å². The van der Waals surface area contributed by atoms with Gasteiger partial charge in [-0.1, -0.05) is 86.1 Å². The number of halogens is 11. The van der Waals surface area contributed by atoms with Crippen molar-refractivity contribution in [3.63, 3.8) is 0 Å². The molecule has 0 aliphatic heterocycles. The molecule has 0 fully saturated rings. The van der Waals surface area contributed by atoms with Crippen LogP contribution in [0.2, 0.25) is 0 Å². The molecule has 0 N–H and O–H groups in total. The minimum Gasteiger partial charge on any atom is -0.207 e. The summed E-state index contributed by atoms with van der Waals surface area (Å²) in [5.41, 5.74) is -0.605. The quantitative estimate of drug-likeness (QED) is 0.235. The monoisotopic (exact) mass is 626 g/mol. The van der Waals surface area contributed by atoms with Gasteiger partial charge in [0.25, 0.3) is 0 Å². The normalized spacial score (nSPS) is 24.5. The second-order valence-electron chi connectivity index (χ2n) is 7.45. The average Bonchev–Trinajstić information content (AvgIpc) is 2.66. The van der Waals surface area contributed by atoms with E-state index in [-0.39, 0.29) is 16.5 Å². The van der Waals surface area contributed by atoms with Crippen molar-refractivity contribution in [3.8, 4) is 0 Å². The van der Waals surface area contributed by atoms with Crippen LogP contribution in [0.3, 0.4) is 0 Å². The molecular formula is C21H13Br2F9S. The smallest absolute Gasteiger partial charge is 0.207 e. The molecule has 12 heteroatoms. The van der Waals surface area contributed by atoms with Crippen molar-refractivity contribution in [1.29, 1.82) is 0 Å². The molecule has 0 bridgehead atoms. The summed E-state index contributed by atoms with van der Waals surface area (Å²) < 4.78 is 121. The first kappa shape index (κ1) is 26.5. The number of hydrogen-bond donors (Lipinski definition) is 0. The van der Waals surface area contributed by atoms with Gasteiger partial charge in [-0.05, 0) is 29.5 Å². The van der Waals surface area contributed by atoms with Gasteiger partial charge in [0.05, 0.1) is 9.07 Å². The van der Waals surface area contributed by atoms with Crippen LogP contribution in [0.4, 0.5) is 39.5 Å². The molecule has 0 aromatic heterocycles. The van der Waals surface area contributed by atoms with Crippen molar-refractivity contribution in [2.75, 3.05) is 0 Å². The van der Waals surface area contributed by atoms with Gasteiger partial charge < -0.3 is 0 Å². The number of alkyl halides is 8. The Hall–Kier alpha value is -1.14. The fraction of sp³-hybridized carbons (Fsp3) is 0.333. The maximum absolute atomic E-state index is 14.8. The van der Waals surface area contributed by atoms with Crippen LogP contribution in [0.5, 0.6) is 0 Å². The first-order chi connectivity index (χ1) is 15.0. The molecule has 0 radical (unpaired) electrons. The molecular weight excluding hydrogens is 615 g/mol. The zero-order valence-corrected chi connectivity index (χ0v) is 20.2. The van der Waals surface area contributed by atoms with Gasteiger partial charge in [0, 0.05) is 11.1 Å². The molecule has 1 aliphatic carbocycles. The minimum absolute atomic E-state index is 0.0535. The lowest BCUT2D eigenvalue weighted by atomic mass is 9.78. The summed E-state index contributed by atoms with van der Waals surface area (Å²) in [6, 6.07) is 9.52. The Morgan fingerprint density at radius 1 is 0.788 bits per heavy atom. The molecule has 0 amide bonds. The number of hydrogen-bond acceptors (Lipinski definition) is 1. The van der Waals surface area contributed by atoms with E-state index in [1.165, 1.54) is 30.3 Å². The van der Waals surface area contributed by atoms with E-state index in [2.05, 4.69) is 31.9 Å². The van der Waals surface area contributed by atoms with E-state index in [1.807, 2.05) is 0 Å². The molecule has 2 aromatic rings. The van der Waals surface area contributed by atoms with Crippen LogP contribution < -0.4 is 0 Å². The Morgan fingerprint density at radius 2 is 1.27 bits per heavy atom. The number of benzene rings is 2. The molecule has 3 rings (SSSR count). The number of allylic oxidation sites excluding steroid dienone is 1. The van der Waals surface area contributed by atoms with Gasteiger partial charge in [-0.2, -0.15) is 30.7 Å². The molecule has 0 saturated heterocycles. The first-order valence-electron chi connectivity index (χ1n) is 9.13. The van der Waals surface area contributed by atoms with E-state index >= 15 is 0 Å². The maximum Gasteiger partial charge on any atom is 0.460 e. The SMILES string of the molecule is Fc1ccccc1C1(Br)CC(Br)=CC(SC(F)(F)C(F)(F)C(F)(F)F)(c2ccccc2F)C1. The van der Waals surface area contributed by atoms with Gasteiger partial charge in [0.2, 0.25) is 0 Å².